The number of fused-ring (bicyclic) bond motifs is 1. The number of aromatic nitrogens is 1. The van der Waals surface area contributed by atoms with E-state index in [0.717, 1.165) is 11.9 Å². The van der Waals surface area contributed by atoms with Gasteiger partial charge >= 0.3 is 0 Å². The van der Waals surface area contributed by atoms with Crippen LogP contribution in [0.25, 0.3) is 11.1 Å². The molecule has 1 N–H and O–H groups in total. The monoisotopic (exact) mass is 352 g/mol. The number of benzene rings is 1. The van der Waals surface area contributed by atoms with E-state index in [2.05, 4.69) is 24.1 Å². The number of amides is 1. The lowest BCUT2D eigenvalue weighted by atomic mass is 9.78. The van der Waals surface area contributed by atoms with E-state index in [0.29, 0.717) is 33.4 Å². The maximum absolute atomic E-state index is 12.2. The third-order valence-electron chi connectivity index (χ3n) is 4.71. The Bertz CT molecular complexity index is 703. The van der Waals surface area contributed by atoms with Gasteiger partial charge in [0.05, 0.1) is 5.75 Å². The first-order valence-electron chi connectivity index (χ1n) is 8.01. The number of thioether (sulfide) groups is 1. The van der Waals surface area contributed by atoms with Gasteiger partial charge in [-0.3, -0.25) is 4.79 Å². The minimum absolute atomic E-state index is 0.0428. The number of halogens is 1. The fourth-order valence-electron chi connectivity index (χ4n) is 3.10. The lowest BCUT2D eigenvalue weighted by Crippen LogP contribution is -2.44. The van der Waals surface area contributed by atoms with Crippen LogP contribution in [0.1, 0.15) is 33.1 Å². The van der Waals surface area contributed by atoms with Gasteiger partial charge in [0.15, 0.2) is 5.58 Å². The van der Waals surface area contributed by atoms with Gasteiger partial charge in [-0.1, -0.05) is 50.1 Å². The molecule has 4 nitrogen and oxygen atoms in total. The molecule has 23 heavy (non-hydrogen) atoms. The van der Waals surface area contributed by atoms with Crippen LogP contribution in [-0.4, -0.2) is 22.7 Å². The number of carbonyl (C=O) groups excluding carboxylic acids is 1. The molecule has 3 atom stereocenters. The van der Waals surface area contributed by atoms with Gasteiger partial charge in [-0.2, -0.15) is 0 Å². The molecule has 0 bridgehead atoms. The number of nitrogens with one attached hydrogen (secondary N) is 1. The summed E-state index contributed by atoms with van der Waals surface area (Å²) in [6, 6.07) is 5.60. The van der Waals surface area contributed by atoms with E-state index < -0.39 is 0 Å². The molecule has 0 aliphatic heterocycles. The first-order chi connectivity index (χ1) is 11.0. The number of hydrogen-bond donors (Lipinski definition) is 1. The maximum atomic E-state index is 12.2. The zero-order chi connectivity index (χ0) is 16.4. The molecule has 1 saturated carbocycles. The van der Waals surface area contributed by atoms with E-state index >= 15 is 0 Å². The molecule has 1 aromatic carbocycles. The van der Waals surface area contributed by atoms with Crippen molar-refractivity contribution in [2.45, 2.75) is 44.4 Å². The molecule has 0 saturated heterocycles. The highest BCUT2D eigenvalue weighted by Crippen LogP contribution is 2.30. The number of oxazole rings is 1. The highest BCUT2D eigenvalue weighted by Gasteiger charge is 2.28. The van der Waals surface area contributed by atoms with Gasteiger partial charge < -0.3 is 9.73 Å². The maximum Gasteiger partial charge on any atom is 0.257 e. The van der Waals surface area contributed by atoms with Crippen LogP contribution in [0.4, 0.5) is 0 Å². The minimum Gasteiger partial charge on any atom is -0.431 e. The quantitative estimate of drug-likeness (QED) is 0.822. The van der Waals surface area contributed by atoms with Crippen molar-refractivity contribution in [1.82, 2.24) is 10.3 Å². The Balaban J connectivity index is 1.55. The SMILES string of the molecule is C[C@H]1[C@@H](NC(=O)CSc2nc3cc(Cl)ccc3o2)CCC[C@@H]1C. The molecule has 124 valence electrons. The van der Waals surface area contributed by atoms with Gasteiger partial charge in [0, 0.05) is 11.1 Å². The molecule has 0 unspecified atom stereocenters. The Hall–Kier alpha value is -1.20. The van der Waals surface area contributed by atoms with Crippen molar-refractivity contribution in [3.63, 3.8) is 0 Å². The van der Waals surface area contributed by atoms with E-state index in [4.69, 9.17) is 16.0 Å². The fourth-order valence-corrected chi connectivity index (χ4v) is 3.92. The second kappa shape index (κ2) is 7.14. The summed E-state index contributed by atoms with van der Waals surface area (Å²) in [5.41, 5.74) is 1.40. The predicted molar refractivity (Wildman–Crippen MR) is 93.9 cm³/mol. The van der Waals surface area contributed by atoms with Crippen molar-refractivity contribution >= 4 is 40.4 Å². The van der Waals surface area contributed by atoms with Crippen LogP contribution >= 0.6 is 23.4 Å². The molecule has 1 aromatic heterocycles. The van der Waals surface area contributed by atoms with Crippen LogP contribution in [0.5, 0.6) is 0 Å². The molecule has 0 radical (unpaired) electrons. The van der Waals surface area contributed by atoms with E-state index in [1.807, 2.05) is 0 Å². The smallest absolute Gasteiger partial charge is 0.257 e. The van der Waals surface area contributed by atoms with Crippen LogP contribution in [0, 0.1) is 11.8 Å². The molecule has 1 amide bonds. The number of rotatable bonds is 4. The van der Waals surface area contributed by atoms with E-state index in [-0.39, 0.29) is 11.9 Å². The minimum atomic E-state index is 0.0428. The van der Waals surface area contributed by atoms with E-state index in [9.17, 15) is 4.79 Å². The summed E-state index contributed by atoms with van der Waals surface area (Å²) in [5, 5.41) is 4.29. The zero-order valence-electron chi connectivity index (χ0n) is 13.3. The molecule has 1 fully saturated rings. The summed E-state index contributed by atoms with van der Waals surface area (Å²) >= 11 is 7.25. The van der Waals surface area contributed by atoms with Crippen LogP contribution in [0.15, 0.2) is 27.8 Å². The molecule has 1 aliphatic carbocycles. The van der Waals surface area contributed by atoms with Crippen molar-refractivity contribution in [2.75, 3.05) is 5.75 Å². The van der Waals surface area contributed by atoms with Crippen molar-refractivity contribution < 1.29 is 9.21 Å². The fraction of sp³-hybridized carbons (Fsp3) is 0.529. The van der Waals surface area contributed by atoms with Crippen molar-refractivity contribution in [1.29, 1.82) is 0 Å². The summed E-state index contributed by atoms with van der Waals surface area (Å²) in [6.45, 7) is 4.49. The highest BCUT2D eigenvalue weighted by molar-refractivity contribution is 7.99. The Morgan fingerprint density at radius 1 is 1.43 bits per heavy atom. The van der Waals surface area contributed by atoms with Crippen LogP contribution in [0.2, 0.25) is 5.02 Å². The van der Waals surface area contributed by atoms with Crippen LogP contribution in [-0.2, 0) is 4.79 Å². The average molecular weight is 353 g/mol. The van der Waals surface area contributed by atoms with Crippen molar-refractivity contribution in [3.05, 3.63) is 23.2 Å². The number of nitrogens with zero attached hydrogens (tertiary/aromatic N) is 1. The van der Waals surface area contributed by atoms with Gasteiger partial charge in [0.2, 0.25) is 5.91 Å². The molecule has 0 spiro atoms. The predicted octanol–water partition coefficient (Wildman–Crippen LogP) is 4.51. The molecular weight excluding hydrogens is 332 g/mol. The molecule has 1 heterocycles. The number of carbonyl (C=O) groups is 1. The van der Waals surface area contributed by atoms with Crippen LogP contribution in [0.3, 0.4) is 0 Å². The van der Waals surface area contributed by atoms with Gasteiger partial charge in [-0.15, -0.1) is 0 Å². The Morgan fingerprint density at radius 3 is 3.09 bits per heavy atom. The molecule has 3 rings (SSSR count). The summed E-state index contributed by atoms with van der Waals surface area (Å²) in [4.78, 5) is 16.5. The summed E-state index contributed by atoms with van der Waals surface area (Å²) < 4.78 is 5.61. The summed E-state index contributed by atoms with van der Waals surface area (Å²) in [7, 11) is 0. The highest BCUT2D eigenvalue weighted by atomic mass is 35.5. The third kappa shape index (κ3) is 4.01. The second-order valence-electron chi connectivity index (χ2n) is 6.32. The van der Waals surface area contributed by atoms with Crippen molar-refractivity contribution in [2.24, 2.45) is 11.8 Å². The number of hydrogen-bond acceptors (Lipinski definition) is 4. The normalized spacial score (nSPS) is 24.7. The van der Waals surface area contributed by atoms with Gasteiger partial charge in [-0.05, 0) is 36.5 Å². The lowest BCUT2D eigenvalue weighted by Gasteiger charge is -2.34. The summed E-state index contributed by atoms with van der Waals surface area (Å²) in [6.07, 6.45) is 3.52. The van der Waals surface area contributed by atoms with Gasteiger partial charge in [0.25, 0.3) is 5.22 Å². The zero-order valence-corrected chi connectivity index (χ0v) is 14.9. The van der Waals surface area contributed by atoms with E-state index in [1.165, 1.54) is 24.6 Å². The molecule has 1 aliphatic rings. The van der Waals surface area contributed by atoms with Gasteiger partial charge in [0.1, 0.15) is 5.52 Å². The Labute approximate surface area is 145 Å². The van der Waals surface area contributed by atoms with E-state index in [1.54, 1.807) is 18.2 Å². The lowest BCUT2D eigenvalue weighted by molar-refractivity contribution is -0.120. The standard InChI is InChI=1S/C17H21ClN2O2S/c1-10-4-3-5-13(11(10)2)19-16(21)9-23-17-20-14-8-12(18)6-7-15(14)22-17/h6-8,10-11,13H,3-5,9H2,1-2H3,(H,19,21)/t10-,11+,13-/m0/s1. The Morgan fingerprint density at radius 2 is 2.26 bits per heavy atom. The topological polar surface area (TPSA) is 55.1 Å². The van der Waals surface area contributed by atoms with Gasteiger partial charge in [-0.25, -0.2) is 4.98 Å². The Kier molecular flexibility index (Phi) is 5.17. The third-order valence-corrected chi connectivity index (χ3v) is 5.77. The first-order valence-corrected chi connectivity index (χ1v) is 9.37. The van der Waals surface area contributed by atoms with Crippen LogP contribution < -0.4 is 5.32 Å². The first kappa shape index (κ1) is 16.7. The molecule has 2 aromatic rings. The van der Waals surface area contributed by atoms with Crippen molar-refractivity contribution in [3.8, 4) is 0 Å². The largest absolute Gasteiger partial charge is 0.431 e. The molecule has 6 heteroatoms. The second-order valence-corrected chi connectivity index (χ2v) is 7.68. The molecular formula is C17H21ClN2O2S. The summed E-state index contributed by atoms with van der Waals surface area (Å²) in [5.74, 6) is 1.56. The average Bonchev–Trinajstić information content (AvgIpc) is 2.92.